The maximum atomic E-state index is 10.9. The van der Waals surface area contributed by atoms with Crippen molar-refractivity contribution in [2.45, 2.75) is 6.92 Å². The van der Waals surface area contributed by atoms with E-state index < -0.39 is 0 Å². The van der Waals surface area contributed by atoms with Gasteiger partial charge in [0.25, 0.3) is 0 Å². The van der Waals surface area contributed by atoms with E-state index in [1.54, 1.807) is 19.1 Å². The lowest BCUT2D eigenvalue weighted by molar-refractivity contribution is -0.114. The highest BCUT2D eigenvalue weighted by Crippen LogP contribution is 2.08. The van der Waals surface area contributed by atoms with E-state index in [-0.39, 0.29) is 12.5 Å². The Kier molecular flexibility index (Phi) is 3.71. The predicted molar refractivity (Wildman–Crippen MR) is 56.7 cm³/mol. The van der Waals surface area contributed by atoms with Crippen molar-refractivity contribution in [3.05, 3.63) is 29.8 Å². The van der Waals surface area contributed by atoms with Crippen molar-refractivity contribution >= 4 is 11.6 Å². The first-order valence-corrected chi connectivity index (χ1v) is 4.29. The largest absolute Gasteiger partial charge is 0.325 e. The molecule has 3 heteroatoms. The van der Waals surface area contributed by atoms with Crippen molar-refractivity contribution in [3.8, 4) is 11.8 Å². The number of nitrogens with two attached hydrogens (primary N) is 1. The van der Waals surface area contributed by atoms with Crippen LogP contribution in [0, 0.1) is 11.8 Å². The molecule has 72 valence electrons. The predicted octanol–water partition coefficient (Wildman–Crippen LogP) is 0.955. The molecule has 1 aromatic rings. The molecular formula is C11H12N2O. The number of hydrogen-bond acceptors (Lipinski definition) is 2. The molecule has 1 amide bonds. The van der Waals surface area contributed by atoms with Gasteiger partial charge in [-0.15, -0.1) is 5.92 Å². The average molecular weight is 188 g/mol. The topological polar surface area (TPSA) is 55.1 Å². The molecule has 0 heterocycles. The summed E-state index contributed by atoms with van der Waals surface area (Å²) >= 11 is 0. The molecule has 3 nitrogen and oxygen atoms in total. The van der Waals surface area contributed by atoms with Crippen LogP contribution in [0.5, 0.6) is 0 Å². The summed E-state index contributed by atoms with van der Waals surface area (Å²) in [5.41, 5.74) is 6.83. The van der Waals surface area contributed by atoms with Crippen molar-refractivity contribution in [1.82, 2.24) is 0 Å². The van der Waals surface area contributed by atoms with Gasteiger partial charge in [0, 0.05) is 11.3 Å². The number of anilines is 1. The van der Waals surface area contributed by atoms with E-state index in [0.717, 1.165) is 11.3 Å². The minimum Gasteiger partial charge on any atom is -0.325 e. The Balaban J connectivity index is 2.72. The first kappa shape index (κ1) is 10.3. The zero-order valence-electron chi connectivity index (χ0n) is 8.00. The Bertz CT molecular complexity index is 371. The summed E-state index contributed by atoms with van der Waals surface area (Å²) < 4.78 is 0. The molecule has 0 aliphatic carbocycles. The van der Waals surface area contributed by atoms with Gasteiger partial charge in [0.15, 0.2) is 0 Å². The maximum absolute atomic E-state index is 10.9. The van der Waals surface area contributed by atoms with Crippen molar-refractivity contribution in [2.75, 3.05) is 11.9 Å². The molecule has 14 heavy (non-hydrogen) atoms. The summed E-state index contributed by atoms with van der Waals surface area (Å²) in [4.78, 5) is 10.9. The van der Waals surface area contributed by atoms with E-state index in [1.807, 2.05) is 12.1 Å². The lowest BCUT2D eigenvalue weighted by Gasteiger charge is -2.02. The standard InChI is InChI=1S/C11H12N2O/c1-2-3-9-4-6-10(7-5-9)13-11(14)8-12/h4-7H,8,12H2,1H3,(H,13,14). The van der Waals surface area contributed by atoms with E-state index >= 15 is 0 Å². The zero-order chi connectivity index (χ0) is 10.4. The molecule has 0 saturated carbocycles. The van der Waals surface area contributed by atoms with Crippen LogP contribution in [0.15, 0.2) is 24.3 Å². The summed E-state index contributed by atoms with van der Waals surface area (Å²) in [5, 5.41) is 2.65. The van der Waals surface area contributed by atoms with Gasteiger partial charge in [-0.25, -0.2) is 0 Å². The minimum absolute atomic E-state index is 0.00346. The van der Waals surface area contributed by atoms with E-state index in [0.29, 0.717) is 0 Å². The molecule has 0 aliphatic heterocycles. The summed E-state index contributed by atoms with van der Waals surface area (Å²) in [6.45, 7) is 1.78. The van der Waals surface area contributed by atoms with Crippen molar-refractivity contribution in [2.24, 2.45) is 5.73 Å². The molecule has 1 aromatic carbocycles. The normalized spacial score (nSPS) is 8.71. The van der Waals surface area contributed by atoms with Crippen LogP contribution in [-0.2, 0) is 4.79 Å². The second-order valence-electron chi connectivity index (χ2n) is 2.70. The number of carbonyl (C=O) groups is 1. The van der Waals surface area contributed by atoms with Gasteiger partial charge in [0.05, 0.1) is 6.54 Å². The number of amides is 1. The molecule has 0 aromatic heterocycles. The summed E-state index contributed by atoms with van der Waals surface area (Å²) in [7, 11) is 0. The fourth-order valence-corrected chi connectivity index (χ4v) is 0.993. The summed E-state index contributed by atoms with van der Waals surface area (Å²) in [6, 6.07) is 7.30. The van der Waals surface area contributed by atoms with Gasteiger partial charge in [-0.2, -0.15) is 0 Å². The van der Waals surface area contributed by atoms with Gasteiger partial charge < -0.3 is 11.1 Å². The average Bonchev–Trinajstić information content (AvgIpc) is 2.21. The number of benzene rings is 1. The first-order valence-electron chi connectivity index (χ1n) is 4.29. The molecule has 0 fully saturated rings. The van der Waals surface area contributed by atoms with Crippen LogP contribution < -0.4 is 11.1 Å². The second kappa shape index (κ2) is 5.05. The Hall–Kier alpha value is -1.79. The van der Waals surface area contributed by atoms with Crippen LogP contribution >= 0.6 is 0 Å². The monoisotopic (exact) mass is 188 g/mol. The highest BCUT2D eigenvalue weighted by Gasteiger charge is 1.97. The van der Waals surface area contributed by atoms with E-state index in [4.69, 9.17) is 5.73 Å². The third-order valence-corrected chi connectivity index (χ3v) is 1.62. The minimum atomic E-state index is -0.195. The molecule has 0 saturated heterocycles. The van der Waals surface area contributed by atoms with Gasteiger partial charge in [-0.3, -0.25) is 4.79 Å². The molecular weight excluding hydrogens is 176 g/mol. The molecule has 0 atom stereocenters. The number of nitrogens with one attached hydrogen (secondary N) is 1. The van der Waals surface area contributed by atoms with Crippen LogP contribution in [0.3, 0.4) is 0 Å². The quantitative estimate of drug-likeness (QED) is 0.679. The van der Waals surface area contributed by atoms with Gasteiger partial charge >= 0.3 is 0 Å². The highest BCUT2D eigenvalue weighted by atomic mass is 16.1. The SMILES string of the molecule is CC#Cc1ccc(NC(=O)CN)cc1. The maximum Gasteiger partial charge on any atom is 0.238 e. The molecule has 0 aliphatic rings. The second-order valence-corrected chi connectivity index (χ2v) is 2.70. The van der Waals surface area contributed by atoms with Gasteiger partial charge in [0.2, 0.25) is 5.91 Å². The molecule has 3 N–H and O–H groups in total. The van der Waals surface area contributed by atoms with E-state index in [1.165, 1.54) is 0 Å². The van der Waals surface area contributed by atoms with Crippen molar-refractivity contribution < 1.29 is 4.79 Å². The molecule has 1 rings (SSSR count). The Morgan fingerprint density at radius 3 is 2.57 bits per heavy atom. The molecule has 0 unspecified atom stereocenters. The smallest absolute Gasteiger partial charge is 0.238 e. The number of rotatable bonds is 2. The van der Waals surface area contributed by atoms with Crippen molar-refractivity contribution in [3.63, 3.8) is 0 Å². The lowest BCUT2D eigenvalue weighted by Crippen LogP contribution is -2.21. The Labute approximate surface area is 83.3 Å². The van der Waals surface area contributed by atoms with E-state index in [2.05, 4.69) is 17.2 Å². The van der Waals surface area contributed by atoms with E-state index in [9.17, 15) is 4.79 Å². The van der Waals surface area contributed by atoms with Crippen LogP contribution in [0.2, 0.25) is 0 Å². The highest BCUT2D eigenvalue weighted by molar-refractivity contribution is 5.92. The van der Waals surface area contributed by atoms with Gasteiger partial charge in [-0.05, 0) is 31.2 Å². The third kappa shape index (κ3) is 2.92. The van der Waals surface area contributed by atoms with Crippen LogP contribution in [0.25, 0.3) is 0 Å². The third-order valence-electron chi connectivity index (χ3n) is 1.62. The molecule has 0 spiro atoms. The Morgan fingerprint density at radius 1 is 1.43 bits per heavy atom. The Morgan fingerprint density at radius 2 is 2.07 bits per heavy atom. The molecule has 0 radical (unpaired) electrons. The fourth-order valence-electron chi connectivity index (χ4n) is 0.993. The molecule has 0 bridgehead atoms. The van der Waals surface area contributed by atoms with Gasteiger partial charge in [0.1, 0.15) is 0 Å². The van der Waals surface area contributed by atoms with Crippen LogP contribution in [0.4, 0.5) is 5.69 Å². The number of hydrogen-bond donors (Lipinski definition) is 2. The first-order chi connectivity index (χ1) is 6.76. The fraction of sp³-hybridized carbons (Fsp3) is 0.182. The zero-order valence-corrected chi connectivity index (χ0v) is 8.00. The van der Waals surface area contributed by atoms with Crippen LogP contribution in [0.1, 0.15) is 12.5 Å². The number of carbonyl (C=O) groups excluding carboxylic acids is 1. The lowest BCUT2D eigenvalue weighted by atomic mass is 10.2. The van der Waals surface area contributed by atoms with Crippen LogP contribution in [-0.4, -0.2) is 12.5 Å². The van der Waals surface area contributed by atoms with Crippen molar-refractivity contribution in [1.29, 1.82) is 0 Å². The van der Waals surface area contributed by atoms with Gasteiger partial charge in [-0.1, -0.05) is 5.92 Å². The summed E-state index contributed by atoms with van der Waals surface area (Å²) in [5.74, 6) is 5.52. The summed E-state index contributed by atoms with van der Waals surface area (Å²) in [6.07, 6.45) is 0.